The van der Waals surface area contributed by atoms with Crippen molar-refractivity contribution in [1.82, 2.24) is 4.90 Å². The van der Waals surface area contributed by atoms with E-state index in [-0.39, 0.29) is 11.0 Å². The molecule has 0 saturated carbocycles. The first-order chi connectivity index (χ1) is 12.8. The lowest BCUT2D eigenvalue weighted by Gasteiger charge is -2.13. The van der Waals surface area contributed by atoms with Crippen LogP contribution in [0.15, 0.2) is 21.5 Å². The van der Waals surface area contributed by atoms with E-state index in [9.17, 15) is 14.4 Å². The number of carbonyl (C=O) groups excluding carboxylic acids is 3. The molecule has 7 nitrogen and oxygen atoms in total. The third kappa shape index (κ3) is 5.26. The number of halogens is 1. The fraction of sp³-hybridized carbons (Fsp3) is 0.389. The van der Waals surface area contributed by atoms with Gasteiger partial charge in [-0.15, -0.1) is 0 Å². The highest BCUT2D eigenvalue weighted by Gasteiger charge is 2.36. The van der Waals surface area contributed by atoms with Gasteiger partial charge in [0.15, 0.2) is 11.5 Å². The topological polar surface area (TPSA) is 82.1 Å². The molecule has 1 aromatic rings. The summed E-state index contributed by atoms with van der Waals surface area (Å²) < 4.78 is 16.5. The van der Waals surface area contributed by atoms with Crippen molar-refractivity contribution < 1.29 is 28.6 Å². The standard InChI is InChI=1S/C18H20BrNO6S/c1-5-25-13-7-11(6-12(19)16(13)24-4)8-14-17(22)20(18(23)27-14)9-15(21)26-10(2)3/h6-8,10H,5,9H2,1-4H3/b14-8-. The summed E-state index contributed by atoms with van der Waals surface area (Å²) in [5.41, 5.74) is 0.654. The van der Waals surface area contributed by atoms with Crippen molar-refractivity contribution in [2.75, 3.05) is 20.3 Å². The van der Waals surface area contributed by atoms with Crippen LogP contribution < -0.4 is 9.47 Å². The number of benzene rings is 1. The summed E-state index contributed by atoms with van der Waals surface area (Å²) in [6.07, 6.45) is 1.26. The van der Waals surface area contributed by atoms with E-state index in [4.69, 9.17) is 14.2 Å². The Morgan fingerprint density at radius 1 is 1.33 bits per heavy atom. The average molecular weight is 458 g/mol. The van der Waals surface area contributed by atoms with Crippen LogP contribution in [-0.4, -0.2) is 48.4 Å². The number of nitrogens with zero attached hydrogens (tertiary/aromatic N) is 1. The number of esters is 1. The fourth-order valence-electron chi connectivity index (χ4n) is 2.35. The summed E-state index contributed by atoms with van der Waals surface area (Å²) in [7, 11) is 1.53. The molecule has 1 heterocycles. The zero-order valence-corrected chi connectivity index (χ0v) is 17.8. The van der Waals surface area contributed by atoms with E-state index < -0.39 is 23.7 Å². The highest BCUT2D eigenvalue weighted by Crippen LogP contribution is 2.39. The highest BCUT2D eigenvalue weighted by atomic mass is 79.9. The molecular formula is C18H20BrNO6S. The molecule has 0 aliphatic carbocycles. The number of rotatable bonds is 7. The molecule has 9 heteroatoms. The lowest BCUT2D eigenvalue weighted by atomic mass is 10.2. The molecule has 0 bridgehead atoms. The van der Waals surface area contributed by atoms with Gasteiger partial charge in [-0.05, 0) is 72.2 Å². The summed E-state index contributed by atoms with van der Waals surface area (Å²) >= 11 is 4.18. The maximum atomic E-state index is 12.5. The van der Waals surface area contributed by atoms with E-state index in [2.05, 4.69) is 15.9 Å². The molecule has 146 valence electrons. The van der Waals surface area contributed by atoms with Gasteiger partial charge in [0, 0.05) is 0 Å². The number of amides is 2. The lowest BCUT2D eigenvalue weighted by Crippen LogP contribution is -2.35. The second kappa shape index (κ2) is 9.27. The second-order valence-electron chi connectivity index (χ2n) is 5.77. The fourth-order valence-corrected chi connectivity index (χ4v) is 3.81. The lowest BCUT2D eigenvalue weighted by molar-refractivity contribution is -0.149. The number of hydrogen-bond donors (Lipinski definition) is 0. The number of carbonyl (C=O) groups is 3. The smallest absolute Gasteiger partial charge is 0.326 e. The van der Waals surface area contributed by atoms with Crippen LogP contribution in [0, 0.1) is 0 Å². The minimum atomic E-state index is -0.626. The Hall–Kier alpha value is -2.00. The van der Waals surface area contributed by atoms with E-state index in [0.717, 1.165) is 16.7 Å². The zero-order chi connectivity index (χ0) is 20.1. The molecule has 2 rings (SSSR count). The molecule has 2 amide bonds. The second-order valence-corrected chi connectivity index (χ2v) is 7.62. The Kier molecular flexibility index (Phi) is 7.32. The Morgan fingerprint density at radius 3 is 2.63 bits per heavy atom. The maximum absolute atomic E-state index is 12.5. The summed E-state index contributed by atoms with van der Waals surface area (Å²) in [6, 6.07) is 3.47. The van der Waals surface area contributed by atoms with E-state index >= 15 is 0 Å². The third-order valence-electron chi connectivity index (χ3n) is 3.36. The van der Waals surface area contributed by atoms with Crippen LogP contribution in [0.2, 0.25) is 0 Å². The number of methoxy groups -OCH3 is 1. The van der Waals surface area contributed by atoms with Crippen LogP contribution in [0.1, 0.15) is 26.3 Å². The number of imide groups is 1. The quantitative estimate of drug-likeness (QED) is 0.454. The van der Waals surface area contributed by atoms with Gasteiger partial charge in [-0.3, -0.25) is 19.3 Å². The number of thioether (sulfide) groups is 1. The van der Waals surface area contributed by atoms with Gasteiger partial charge in [0.2, 0.25) is 0 Å². The number of ether oxygens (including phenoxy) is 3. The minimum absolute atomic E-state index is 0.219. The summed E-state index contributed by atoms with van der Waals surface area (Å²) in [5.74, 6) is -0.103. The van der Waals surface area contributed by atoms with Crippen LogP contribution in [-0.2, 0) is 14.3 Å². The van der Waals surface area contributed by atoms with Gasteiger partial charge in [0.05, 0.1) is 29.2 Å². The van der Waals surface area contributed by atoms with Crippen LogP contribution >= 0.6 is 27.7 Å². The van der Waals surface area contributed by atoms with Gasteiger partial charge in [-0.1, -0.05) is 0 Å². The molecule has 0 atom stereocenters. The SMILES string of the molecule is CCOc1cc(/C=C2\SC(=O)N(CC(=O)OC(C)C)C2=O)cc(Br)c1OC. The zero-order valence-electron chi connectivity index (χ0n) is 15.4. The van der Waals surface area contributed by atoms with Gasteiger partial charge >= 0.3 is 5.97 Å². The molecule has 0 radical (unpaired) electrons. The van der Waals surface area contributed by atoms with Gasteiger partial charge in [0.25, 0.3) is 11.1 Å². The van der Waals surface area contributed by atoms with Crippen LogP contribution in [0.25, 0.3) is 6.08 Å². The summed E-state index contributed by atoms with van der Waals surface area (Å²) in [6.45, 7) is 5.28. The number of hydrogen-bond acceptors (Lipinski definition) is 7. The first kappa shape index (κ1) is 21.3. The van der Waals surface area contributed by atoms with E-state index in [1.54, 1.807) is 32.1 Å². The highest BCUT2D eigenvalue weighted by molar-refractivity contribution is 9.10. The average Bonchev–Trinajstić information content (AvgIpc) is 2.82. The van der Waals surface area contributed by atoms with Gasteiger partial charge in [-0.25, -0.2) is 0 Å². The molecule has 1 aliphatic rings. The largest absolute Gasteiger partial charge is 0.492 e. The van der Waals surface area contributed by atoms with Crippen LogP contribution in [0.3, 0.4) is 0 Å². The predicted octanol–water partition coefficient (Wildman–Crippen LogP) is 3.84. The van der Waals surface area contributed by atoms with Crippen molar-refractivity contribution >= 4 is 50.9 Å². The van der Waals surface area contributed by atoms with Crippen molar-refractivity contribution in [2.24, 2.45) is 0 Å². The molecule has 1 saturated heterocycles. The Balaban J connectivity index is 2.26. The van der Waals surface area contributed by atoms with Crippen molar-refractivity contribution in [3.63, 3.8) is 0 Å². The maximum Gasteiger partial charge on any atom is 0.326 e. The van der Waals surface area contributed by atoms with Crippen molar-refractivity contribution in [3.8, 4) is 11.5 Å². The molecule has 27 heavy (non-hydrogen) atoms. The van der Waals surface area contributed by atoms with Gasteiger partial charge in [0.1, 0.15) is 6.54 Å². The Labute approximate surface area is 170 Å². The monoisotopic (exact) mass is 457 g/mol. The minimum Gasteiger partial charge on any atom is -0.492 e. The molecular weight excluding hydrogens is 438 g/mol. The summed E-state index contributed by atoms with van der Waals surface area (Å²) in [5, 5.41) is -0.510. The first-order valence-corrected chi connectivity index (χ1v) is 9.82. The normalized spacial score (nSPS) is 15.6. The van der Waals surface area contributed by atoms with E-state index in [0.29, 0.717) is 28.1 Å². The van der Waals surface area contributed by atoms with Crippen LogP contribution in [0.5, 0.6) is 11.5 Å². The molecule has 1 fully saturated rings. The first-order valence-electron chi connectivity index (χ1n) is 8.22. The van der Waals surface area contributed by atoms with Gasteiger partial charge < -0.3 is 14.2 Å². The third-order valence-corrected chi connectivity index (χ3v) is 4.86. The Bertz CT molecular complexity index is 792. The van der Waals surface area contributed by atoms with Crippen molar-refractivity contribution in [2.45, 2.75) is 26.9 Å². The molecule has 0 N–H and O–H groups in total. The van der Waals surface area contributed by atoms with Gasteiger partial charge in [-0.2, -0.15) is 0 Å². The molecule has 1 aromatic carbocycles. The molecule has 1 aliphatic heterocycles. The molecule has 0 spiro atoms. The van der Waals surface area contributed by atoms with E-state index in [1.807, 2.05) is 6.92 Å². The summed E-state index contributed by atoms with van der Waals surface area (Å²) in [4.78, 5) is 37.5. The Morgan fingerprint density at radius 2 is 2.04 bits per heavy atom. The van der Waals surface area contributed by atoms with E-state index in [1.165, 1.54) is 7.11 Å². The van der Waals surface area contributed by atoms with Crippen molar-refractivity contribution in [3.05, 3.63) is 27.1 Å². The van der Waals surface area contributed by atoms with Crippen LogP contribution in [0.4, 0.5) is 4.79 Å². The van der Waals surface area contributed by atoms with Crippen molar-refractivity contribution in [1.29, 1.82) is 0 Å². The predicted molar refractivity (Wildman–Crippen MR) is 106 cm³/mol. The molecule has 0 aromatic heterocycles. The molecule has 0 unspecified atom stereocenters.